The molecule has 0 unspecified atom stereocenters. The predicted molar refractivity (Wildman–Crippen MR) is 127 cm³/mol. The third-order valence-electron chi connectivity index (χ3n) is 5.64. The van der Waals surface area contributed by atoms with Crippen LogP contribution in [0.15, 0.2) is 36.4 Å². The van der Waals surface area contributed by atoms with Crippen molar-refractivity contribution >= 4 is 45.2 Å². The summed E-state index contributed by atoms with van der Waals surface area (Å²) in [5, 5.41) is 2.12. The molecule has 2 aromatic carbocycles. The second kappa shape index (κ2) is 13.0. The Bertz CT molecular complexity index is 1410. The van der Waals surface area contributed by atoms with E-state index in [1.54, 1.807) is 0 Å². The zero-order chi connectivity index (χ0) is 29.2. The number of nitrogens with zero attached hydrogens (tertiary/aromatic N) is 1. The Morgan fingerprint density at radius 3 is 2.40 bits per heavy atom. The van der Waals surface area contributed by atoms with Gasteiger partial charge in [-0.3, -0.25) is 19.3 Å². The first kappa shape index (κ1) is 33.8. The van der Waals surface area contributed by atoms with Crippen LogP contribution in [-0.2, 0) is 41.1 Å². The maximum atomic E-state index is 16.6. The Labute approximate surface area is 253 Å². The molecule has 0 saturated carbocycles. The van der Waals surface area contributed by atoms with Gasteiger partial charge in [-0.1, -0.05) is 17.7 Å². The Balaban J connectivity index is 0.00000560. The van der Waals surface area contributed by atoms with E-state index in [0.29, 0.717) is 17.0 Å². The molecule has 0 aromatic heterocycles. The van der Waals surface area contributed by atoms with E-state index >= 15 is 4.39 Å². The second-order valence-corrected chi connectivity index (χ2v) is 10.2. The van der Waals surface area contributed by atoms with Gasteiger partial charge in [-0.25, -0.2) is 12.8 Å². The summed E-state index contributed by atoms with van der Waals surface area (Å²) in [7, 11) is -3.36. The Kier molecular flexibility index (Phi) is 11.0. The Hall–Kier alpha value is -2.43. The van der Waals surface area contributed by atoms with E-state index < -0.39 is 88.4 Å². The number of hydrogen-bond acceptors (Lipinski definition) is 8. The molecule has 0 fully saturated rings. The molecule has 10 nitrogen and oxygen atoms in total. The molecule has 1 aliphatic heterocycles. The first-order chi connectivity index (χ1) is 18.1. The number of nitrogens with one attached hydrogen (secondary N) is 1. The Morgan fingerprint density at radius 1 is 1.12 bits per heavy atom. The van der Waals surface area contributed by atoms with E-state index in [-0.39, 0.29) is 45.9 Å². The number of ether oxygens (including phenoxy) is 2. The summed E-state index contributed by atoms with van der Waals surface area (Å²) in [5.74, 6) is -4.21. The summed E-state index contributed by atoms with van der Waals surface area (Å²) >= 11 is 5.98. The summed E-state index contributed by atoms with van der Waals surface area (Å²) in [5.41, 5.74) is -5.60. The van der Waals surface area contributed by atoms with Crippen molar-refractivity contribution in [3.63, 3.8) is 0 Å². The van der Waals surface area contributed by atoms with Gasteiger partial charge in [-0.15, -0.1) is 0 Å². The maximum Gasteiger partial charge on any atom is 1.00 e. The molecule has 1 N–H and O–H groups in total. The molecule has 3 rings (SSSR count). The third kappa shape index (κ3) is 7.64. The number of halogens is 5. The number of carbonyl (C=O) groups excluding carboxylic acids is 3. The van der Waals surface area contributed by atoms with Crippen molar-refractivity contribution in [3.8, 4) is 5.75 Å². The van der Waals surface area contributed by atoms with Gasteiger partial charge in [0.15, 0.2) is 6.73 Å². The van der Waals surface area contributed by atoms with Gasteiger partial charge in [0, 0.05) is 29.1 Å². The number of rotatable bonds is 10. The number of fused-ring (bicyclic) bond motifs is 1. The van der Waals surface area contributed by atoms with Gasteiger partial charge in [-0.2, -0.15) is 13.2 Å². The first-order valence-corrected chi connectivity index (χ1v) is 13.0. The molecule has 1 atom stereocenters. The molecule has 17 heteroatoms. The minimum absolute atomic E-state index is 0. The monoisotopic (exact) mass is 618 g/mol. The molecule has 2 aromatic rings. The number of benzene rings is 2. The van der Waals surface area contributed by atoms with Crippen molar-refractivity contribution in [2.45, 2.75) is 24.7 Å². The van der Waals surface area contributed by atoms with Crippen LogP contribution < -0.4 is 44.5 Å². The third-order valence-corrected chi connectivity index (χ3v) is 6.58. The number of methoxy groups -OCH3 is 1. The van der Waals surface area contributed by atoms with E-state index in [1.807, 2.05) is 0 Å². The molecule has 40 heavy (non-hydrogen) atoms. The molecule has 1 aliphatic rings. The SMILES string of the molecule is COc1ccc(Cl)cc1[C@]1(F)C(=O)N(COC(=O)CCC(=O)NCCS(=O)(=O)[O-])c2cc(C(F)(F)F)ccc21.[Na+]. The number of amides is 2. The zero-order valence-corrected chi connectivity index (χ0v) is 24.6. The van der Waals surface area contributed by atoms with Crippen molar-refractivity contribution in [1.82, 2.24) is 5.32 Å². The smallest absolute Gasteiger partial charge is 0.748 e. The maximum absolute atomic E-state index is 16.6. The molecule has 212 valence electrons. The van der Waals surface area contributed by atoms with Crippen molar-refractivity contribution in [2.24, 2.45) is 0 Å². The quantitative estimate of drug-likeness (QED) is 0.168. The van der Waals surface area contributed by atoms with Gasteiger partial charge in [0.1, 0.15) is 5.75 Å². The summed E-state index contributed by atoms with van der Waals surface area (Å²) in [4.78, 5) is 37.7. The molecular weight excluding hydrogens is 599 g/mol. The average Bonchev–Trinajstić information content (AvgIpc) is 3.06. The molecule has 1 heterocycles. The minimum atomic E-state index is -4.84. The summed E-state index contributed by atoms with van der Waals surface area (Å²) in [6.45, 7) is -1.47. The van der Waals surface area contributed by atoms with Gasteiger partial charge >= 0.3 is 41.7 Å². The summed E-state index contributed by atoms with van der Waals surface area (Å²) in [6, 6.07) is 5.66. The van der Waals surface area contributed by atoms with E-state index in [1.165, 1.54) is 19.2 Å². The van der Waals surface area contributed by atoms with Gasteiger partial charge in [0.25, 0.3) is 5.91 Å². The number of esters is 1. The Morgan fingerprint density at radius 2 is 1.80 bits per heavy atom. The second-order valence-electron chi connectivity index (χ2n) is 8.22. The zero-order valence-electron chi connectivity index (χ0n) is 21.0. The molecular formula is C23H20ClF4N2NaO8S. The fraction of sp³-hybridized carbons (Fsp3) is 0.348. The molecule has 0 bridgehead atoms. The van der Waals surface area contributed by atoms with Crippen LogP contribution in [0.3, 0.4) is 0 Å². The van der Waals surface area contributed by atoms with E-state index in [2.05, 4.69) is 5.32 Å². The first-order valence-electron chi connectivity index (χ1n) is 11.0. The number of anilines is 1. The topological polar surface area (TPSA) is 142 Å². The van der Waals surface area contributed by atoms with E-state index in [4.69, 9.17) is 21.1 Å². The van der Waals surface area contributed by atoms with Crippen molar-refractivity contribution in [1.29, 1.82) is 0 Å². The molecule has 0 aliphatic carbocycles. The summed E-state index contributed by atoms with van der Waals surface area (Å²) < 4.78 is 98.6. The minimum Gasteiger partial charge on any atom is -0.748 e. The predicted octanol–water partition coefficient (Wildman–Crippen LogP) is -0.127. The van der Waals surface area contributed by atoms with E-state index in [0.717, 1.165) is 12.1 Å². The average molecular weight is 619 g/mol. The summed E-state index contributed by atoms with van der Waals surface area (Å²) in [6.07, 6.45) is -5.90. The van der Waals surface area contributed by atoms with Crippen LogP contribution in [0.25, 0.3) is 0 Å². The van der Waals surface area contributed by atoms with Crippen molar-refractivity contribution in [2.75, 3.05) is 31.0 Å². The fourth-order valence-electron chi connectivity index (χ4n) is 3.80. The van der Waals surface area contributed by atoms with Gasteiger partial charge in [0.2, 0.25) is 11.6 Å². The van der Waals surface area contributed by atoms with Crippen LogP contribution in [0.1, 0.15) is 29.5 Å². The van der Waals surface area contributed by atoms with Gasteiger partial charge < -0.3 is 19.3 Å². The molecule has 0 saturated heterocycles. The molecule has 0 radical (unpaired) electrons. The number of carbonyl (C=O) groups is 3. The largest absolute Gasteiger partial charge is 1.00 e. The standard InChI is InChI=1S/C23H21ClF4N2O8S.Na/c1-37-18-5-3-14(24)11-16(18)22(25)15-4-2-13(23(26,27)28)10-17(15)30(21(22)33)12-38-20(32)7-6-19(31)29-8-9-39(34,35)36;/h2-5,10-11H,6-9,12H2,1H3,(H,29,31)(H,34,35,36);/q;+1/p-1/t22-;/m0./s1. The number of hydrogen-bond donors (Lipinski definition) is 1. The van der Waals surface area contributed by atoms with Crippen LogP contribution in [-0.4, -0.2) is 56.9 Å². The van der Waals surface area contributed by atoms with Crippen molar-refractivity contribution < 1.29 is 83.9 Å². The van der Waals surface area contributed by atoms with Crippen LogP contribution in [0.2, 0.25) is 5.02 Å². The van der Waals surface area contributed by atoms with Crippen LogP contribution >= 0.6 is 11.6 Å². The van der Waals surface area contributed by atoms with E-state index in [9.17, 15) is 40.5 Å². The number of alkyl halides is 4. The molecule has 0 spiro atoms. The van der Waals surface area contributed by atoms with Crippen LogP contribution in [0, 0.1) is 0 Å². The fourth-order valence-corrected chi connectivity index (χ4v) is 4.32. The van der Waals surface area contributed by atoms with Crippen LogP contribution in [0.4, 0.5) is 23.2 Å². The normalized spacial score (nSPS) is 16.7. The van der Waals surface area contributed by atoms with Gasteiger partial charge in [0.05, 0.1) is 40.7 Å². The molecule has 2 amide bonds. The van der Waals surface area contributed by atoms with Crippen molar-refractivity contribution in [3.05, 3.63) is 58.1 Å². The van der Waals surface area contributed by atoms with Gasteiger partial charge in [-0.05, 0) is 30.3 Å². The van der Waals surface area contributed by atoms with Crippen LogP contribution in [0.5, 0.6) is 5.75 Å².